The van der Waals surface area contributed by atoms with Gasteiger partial charge in [0, 0.05) is 29.7 Å². The number of pyridine rings is 1. The Morgan fingerprint density at radius 1 is 1.13 bits per heavy atom. The number of rotatable bonds is 5. The number of carbonyl (C=O) groups is 1. The SMILES string of the molecule is O=C(c1cc(Cl)nc(Cl)c1)N(Cc1csc(N2CCOCC2)n1)c1ccc(F)cc1. The molecule has 1 aromatic carbocycles. The number of aromatic nitrogens is 2. The average Bonchev–Trinajstić information content (AvgIpc) is 3.21. The van der Waals surface area contributed by atoms with Crippen molar-refractivity contribution in [2.75, 3.05) is 36.1 Å². The summed E-state index contributed by atoms with van der Waals surface area (Å²) in [7, 11) is 0. The van der Waals surface area contributed by atoms with Crippen molar-refractivity contribution >= 4 is 51.3 Å². The van der Waals surface area contributed by atoms with E-state index in [4.69, 9.17) is 27.9 Å². The first-order valence-corrected chi connectivity index (χ1v) is 10.8. The van der Waals surface area contributed by atoms with Crippen molar-refractivity contribution in [3.05, 3.63) is 69.2 Å². The Bertz CT molecular complexity index is 1020. The molecule has 6 nitrogen and oxygen atoms in total. The molecule has 0 atom stereocenters. The lowest BCUT2D eigenvalue weighted by Crippen LogP contribution is -2.36. The molecule has 0 aliphatic carbocycles. The number of morpholine rings is 1. The monoisotopic (exact) mass is 466 g/mol. The predicted molar refractivity (Wildman–Crippen MR) is 116 cm³/mol. The van der Waals surface area contributed by atoms with Crippen LogP contribution >= 0.6 is 34.5 Å². The van der Waals surface area contributed by atoms with Crippen LogP contribution < -0.4 is 9.80 Å². The standard InChI is InChI=1S/C20H17Cl2FN4O2S/c21-17-9-13(10-18(22)25-17)19(28)27(16-3-1-14(23)2-4-16)11-15-12-30-20(24-15)26-5-7-29-8-6-26/h1-4,9-10,12H,5-8,11H2. The first-order chi connectivity index (χ1) is 14.5. The van der Waals surface area contributed by atoms with Crippen molar-refractivity contribution in [2.45, 2.75) is 6.54 Å². The van der Waals surface area contributed by atoms with Gasteiger partial charge in [-0.15, -0.1) is 11.3 Å². The zero-order chi connectivity index (χ0) is 21.1. The molecule has 1 aliphatic rings. The zero-order valence-electron chi connectivity index (χ0n) is 15.7. The van der Waals surface area contributed by atoms with Gasteiger partial charge in [-0.05, 0) is 36.4 Å². The summed E-state index contributed by atoms with van der Waals surface area (Å²) >= 11 is 13.5. The Morgan fingerprint density at radius 2 is 1.80 bits per heavy atom. The minimum absolute atomic E-state index is 0.119. The lowest BCUT2D eigenvalue weighted by Gasteiger charge is -2.26. The maximum atomic E-state index is 13.4. The van der Waals surface area contributed by atoms with Crippen LogP contribution in [0.15, 0.2) is 41.8 Å². The third-order valence-electron chi connectivity index (χ3n) is 4.53. The number of amides is 1. The Morgan fingerprint density at radius 3 is 2.47 bits per heavy atom. The fourth-order valence-electron chi connectivity index (χ4n) is 3.08. The Hall–Kier alpha value is -2.26. The largest absolute Gasteiger partial charge is 0.378 e. The van der Waals surface area contributed by atoms with E-state index in [0.717, 1.165) is 23.9 Å². The molecule has 0 saturated carbocycles. The highest BCUT2D eigenvalue weighted by molar-refractivity contribution is 7.13. The van der Waals surface area contributed by atoms with Crippen LogP contribution in [0.3, 0.4) is 0 Å². The fraction of sp³-hybridized carbons (Fsp3) is 0.250. The van der Waals surface area contributed by atoms with Crippen molar-refractivity contribution in [1.29, 1.82) is 0 Å². The fourth-order valence-corrected chi connectivity index (χ4v) is 4.41. The molecule has 4 rings (SSSR count). The van der Waals surface area contributed by atoms with Gasteiger partial charge in [0.2, 0.25) is 0 Å². The number of nitrogens with zero attached hydrogens (tertiary/aromatic N) is 4. The van der Waals surface area contributed by atoms with E-state index in [1.807, 2.05) is 5.38 Å². The molecule has 1 fully saturated rings. The molecule has 10 heteroatoms. The summed E-state index contributed by atoms with van der Waals surface area (Å²) in [5, 5.41) is 3.04. The van der Waals surface area contributed by atoms with Crippen LogP contribution in [0.25, 0.3) is 0 Å². The van der Waals surface area contributed by atoms with Crippen LogP contribution in [-0.2, 0) is 11.3 Å². The molecule has 1 amide bonds. The average molecular weight is 467 g/mol. The van der Waals surface area contributed by atoms with Gasteiger partial charge in [-0.2, -0.15) is 0 Å². The molecule has 0 N–H and O–H groups in total. The molecule has 3 heterocycles. The number of anilines is 2. The Labute approximate surface area is 186 Å². The highest BCUT2D eigenvalue weighted by Gasteiger charge is 2.22. The van der Waals surface area contributed by atoms with E-state index >= 15 is 0 Å². The number of hydrogen-bond acceptors (Lipinski definition) is 6. The minimum Gasteiger partial charge on any atom is -0.378 e. The topological polar surface area (TPSA) is 58.6 Å². The Kier molecular flexibility index (Phi) is 6.48. The van der Waals surface area contributed by atoms with Crippen molar-refractivity contribution in [3.63, 3.8) is 0 Å². The van der Waals surface area contributed by atoms with Gasteiger partial charge in [0.05, 0.1) is 25.5 Å². The first kappa shape index (κ1) is 21.0. The second-order valence-corrected chi connectivity index (χ2v) is 8.20. The summed E-state index contributed by atoms with van der Waals surface area (Å²) in [5.74, 6) is -0.724. The van der Waals surface area contributed by atoms with Crippen LogP contribution in [-0.4, -0.2) is 42.2 Å². The van der Waals surface area contributed by atoms with E-state index in [0.29, 0.717) is 18.9 Å². The van der Waals surface area contributed by atoms with Crippen LogP contribution in [0.1, 0.15) is 16.1 Å². The van der Waals surface area contributed by atoms with Crippen LogP contribution in [0.2, 0.25) is 10.3 Å². The maximum absolute atomic E-state index is 13.4. The molecule has 0 bridgehead atoms. The van der Waals surface area contributed by atoms with Crippen LogP contribution in [0.4, 0.5) is 15.2 Å². The Balaban J connectivity index is 1.63. The van der Waals surface area contributed by atoms with Gasteiger partial charge in [0.25, 0.3) is 5.91 Å². The molecule has 156 valence electrons. The summed E-state index contributed by atoms with van der Waals surface area (Å²) in [6.07, 6.45) is 0. The van der Waals surface area contributed by atoms with Crippen molar-refractivity contribution in [2.24, 2.45) is 0 Å². The highest BCUT2D eigenvalue weighted by atomic mass is 35.5. The number of hydrogen-bond donors (Lipinski definition) is 0. The molecule has 3 aromatic rings. The van der Waals surface area contributed by atoms with Gasteiger partial charge in [-0.1, -0.05) is 23.2 Å². The molecule has 0 spiro atoms. The summed E-state index contributed by atoms with van der Waals surface area (Å²) in [4.78, 5) is 25.5. The predicted octanol–water partition coefficient (Wildman–Crippen LogP) is 4.67. The third-order valence-corrected chi connectivity index (χ3v) is 5.87. The number of halogens is 3. The van der Waals surface area contributed by atoms with Crippen molar-refractivity contribution in [3.8, 4) is 0 Å². The molecular weight excluding hydrogens is 450 g/mol. The smallest absolute Gasteiger partial charge is 0.258 e. The summed E-state index contributed by atoms with van der Waals surface area (Å²) < 4.78 is 18.8. The molecule has 1 aliphatic heterocycles. The first-order valence-electron chi connectivity index (χ1n) is 9.17. The van der Waals surface area contributed by atoms with E-state index < -0.39 is 0 Å². The second-order valence-electron chi connectivity index (χ2n) is 6.59. The van der Waals surface area contributed by atoms with Gasteiger partial charge in [-0.3, -0.25) is 4.79 Å². The van der Waals surface area contributed by atoms with Gasteiger partial charge < -0.3 is 14.5 Å². The van der Waals surface area contributed by atoms with Gasteiger partial charge in [0.1, 0.15) is 16.1 Å². The van der Waals surface area contributed by atoms with E-state index in [-0.39, 0.29) is 34.1 Å². The normalized spacial score (nSPS) is 14.0. The molecule has 0 radical (unpaired) electrons. The maximum Gasteiger partial charge on any atom is 0.258 e. The van der Waals surface area contributed by atoms with E-state index in [9.17, 15) is 9.18 Å². The van der Waals surface area contributed by atoms with E-state index in [2.05, 4.69) is 14.9 Å². The van der Waals surface area contributed by atoms with Gasteiger partial charge >= 0.3 is 0 Å². The molecular formula is C20H17Cl2FN4O2S. The third kappa shape index (κ3) is 4.89. The summed E-state index contributed by atoms with van der Waals surface area (Å²) in [6, 6.07) is 8.61. The number of thiazole rings is 1. The molecule has 2 aromatic heterocycles. The van der Waals surface area contributed by atoms with Gasteiger partial charge in [0.15, 0.2) is 5.13 Å². The lowest BCUT2D eigenvalue weighted by atomic mass is 10.2. The lowest BCUT2D eigenvalue weighted by molar-refractivity contribution is 0.0984. The van der Waals surface area contributed by atoms with Crippen molar-refractivity contribution in [1.82, 2.24) is 9.97 Å². The van der Waals surface area contributed by atoms with E-state index in [1.165, 1.54) is 40.5 Å². The molecule has 0 unspecified atom stereocenters. The van der Waals surface area contributed by atoms with Crippen molar-refractivity contribution < 1.29 is 13.9 Å². The number of carbonyl (C=O) groups excluding carboxylic acids is 1. The minimum atomic E-state index is -0.385. The molecule has 1 saturated heterocycles. The quantitative estimate of drug-likeness (QED) is 0.511. The van der Waals surface area contributed by atoms with Gasteiger partial charge in [-0.25, -0.2) is 14.4 Å². The van der Waals surface area contributed by atoms with E-state index in [1.54, 1.807) is 12.1 Å². The summed E-state index contributed by atoms with van der Waals surface area (Å²) in [5.41, 5.74) is 1.55. The number of ether oxygens (including phenoxy) is 1. The second kappa shape index (κ2) is 9.26. The zero-order valence-corrected chi connectivity index (χ0v) is 18.1. The molecule has 30 heavy (non-hydrogen) atoms. The van der Waals surface area contributed by atoms with Crippen LogP contribution in [0, 0.1) is 5.82 Å². The highest BCUT2D eigenvalue weighted by Crippen LogP contribution is 2.26. The van der Waals surface area contributed by atoms with Crippen LogP contribution in [0.5, 0.6) is 0 Å². The number of benzene rings is 1. The summed E-state index contributed by atoms with van der Waals surface area (Å²) in [6.45, 7) is 3.10.